The van der Waals surface area contributed by atoms with Crippen molar-refractivity contribution in [2.45, 2.75) is 17.9 Å². The van der Waals surface area contributed by atoms with Crippen molar-refractivity contribution < 1.29 is 22.3 Å². The predicted molar refractivity (Wildman–Crippen MR) is 102 cm³/mol. The van der Waals surface area contributed by atoms with Gasteiger partial charge in [0.15, 0.2) is 11.5 Å². The summed E-state index contributed by atoms with van der Waals surface area (Å²) in [5.74, 6) is -0.640. The van der Waals surface area contributed by atoms with E-state index in [1.807, 2.05) is 50.2 Å². The van der Waals surface area contributed by atoms with E-state index in [-0.39, 0.29) is 24.1 Å². The molecule has 2 aromatic carbocycles. The maximum Gasteiger partial charge on any atom is 0.243 e. The molecule has 1 N–H and O–H groups in total. The topological polar surface area (TPSA) is 67.9 Å². The lowest BCUT2D eigenvalue weighted by molar-refractivity contribution is 0.299. The molecule has 0 saturated carbocycles. The molecule has 0 radical (unpaired) electrons. The zero-order valence-corrected chi connectivity index (χ0v) is 16.9. The summed E-state index contributed by atoms with van der Waals surface area (Å²) < 4.78 is 52.2. The minimum atomic E-state index is -4.08. The highest BCUT2D eigenvalue weighted by Gasteiger charge is 2.24. The molecule has 1 atom stereocenters. The number of nitrogens with one attached hydrogen (secondary N) is 1. The van der Waals surface area contributed by atoms with Crippen molar-refractivity contribution in [2.24, 2.45) is 0 Å². The van der Waals surface area contributed by atoms with Crippen LogP contribution in [0.2, 0.25) is 0 Å². The second kappa shape index (κ2) is 8.69. The summed E-state index contributed by atoms with van der Waals surface area (Å²) in [6.07, 6.45) is 0. The molecule has 1 unspecified atom stereocenters. The molecule has 0 amide bonds. The van der Waals surface area contributed by atoms with Crippen molar-refractivity contribution in [2.75, 3.05) is 34.9 Å². The zero-order valence-electron chi connectivity index (χ0n) is 16.1. The van der Waals surface area contributed by atoms with E-state index in [9.17, 15) is 12.8 Å². The fourth-order valence-electron chi connectivity index (χ4n) is 2.70. The first-order chi connectivity index (χ1) is 12.7. The SMILES string of the molecule is COc1cc(F)c(S(=O)(=O)NCC(c2ccc(C)cc2)N(C)C)cc1OC. The number of halogens is 1. The van der Waals surface area contributed by atoms with Crippen molar-refractivity contribution in [1.29, 1.82) is 0 Å². The minimum absolute atomic E-state index is 0.0895. The predicted octanol–water partition coefficient (Wildman–Crippen LogP) is 2.73. The second-order valence-electron chi connectivity index (χ2n) is 6.38. The summed E-state index contributed by atoms with van der Waals surface area (Å²) in [7, 11) is 2.35. The summed E-state index contributed by atoms with van der Waals surface area (Å²) >= 11 is 0. The van der Waals surface area contributed by atoms with Gasteiger partial charge in [0.25, 0.3) is 0 Å². The second-order valence-corrected chi connectivity index (χ2v) is 8.11. The molecule has 0 aromatic heterocycles. The van der Waals surface area contributed by atoms with Gasteiger partial charge in [-0.3, -0.25) is 0 Å². The Morgan fingerprint density at radius 2 is 1.63 bits per heavy atom. The number of hydrogen-bond acceptors (Lipinski definition) is 5. The third-order valence-electron chi connectivity index (χ3n) is 4.28. The number of methoxy groups -OCH3 is 2. The van der Waals surface area contributed by atoms with Crippen LogP contribution in [0.15, 0.2) is 41.3 Å². The summed E-state index contributed by atoms with van der Waals surface area (Å²) in [4.78, 5) is 1.42. The molecule has 0 aliphatic heterocycles. The lowest BCUT2D eigenvalue weighted by Crippen LogP contribution is -2.35. The van der Waals surface area contributed by atoms with Crippen LogP contribution in [0.3, 0.4) is 0 Å². The average Bonchev–Trinajstić information content (AvgIpc) is 2.62. The van der Waals surface area contributed by atoms with Crippen LogP contribution >= 0.6 is 0 Å². The zero-order chi connectivity index (χ0) is 20.2. The third kappa shape index (κ3) is 4.97. The van der Waals surface area contributed by atoms with Gasteiger partial charge in [-0.25, -0.2) is 17.5 Å². The smallest absolute Gasteiger partial charge is 0.243 e. The van der Waals surface area contributed by atoms with Gasteiger partial charge in [-0.05, 0) is 26.6 Å². The maximum atomic E-state index is 14.3. The van der Waals surface area contributed by atoms with Crippen molar-refractivity contribution in [3.8, 4) is 11.5 Å². The number of rotatable bonds is 8. The molecule has 27 heavy (non-hydrogen) atoms. The summed E-state index contributed by atoms with van der Waals surface area (Å²) in [6.45, 7) is 2.07. The van der Waals surface area contributed by atoms with E-state index in [0.29, 0.717) is 0 Å². The largest absolute Gasteiger partial charge is 0.493 e. The van der Waals surface area contributed by atoms with Crippen molar-refractivity contribution in [1.82, 2.24) is 9.62 Å². The van der Waals surface area contributed by atoms with Gasteiger partial charge in [0, 0.05) is 24.7 Å². The fraction of sp³-hybridized carbons (Fsp3) is 0.368. The quantitative estimate of drug-likeness (QED) is 0.743. The summed E-state index contributed by atoms with van der Waals surface area (Å²) in [5.41, 5.74) is 2.07. The lowest BCUT2D eigenvalue weighted by atomic mass is 10.0. The first-order valence-corrected chi connectivity index (χ1v) is 9.82. The molecular weight excluding hydrogens is 371 g/mol. The van der Waals surface area contributed by atoms with Crippen LogP contribution in [-0.4, -0.2) is 48.2 Å². The van der Waals surface area contributed by atoms with E-state index in [1.165, 1.54) is 14.2 Å². The highest BCUT2D eigenvalue weighted by atomic mass is 32.2. The number of likely N-dealkylation sites (N-methyl/N-ethyl adjacent to an activating group) is 1. The van der Waals surface area contributed by atoms with Crippen molar-refractivity contribution in [3.05, 3.63) is 53.3 Å². The number of sulfonamides is 1. The monoisotopic (exact) mass is 396 g/mol. The Morgan fingerprint density at radius 3 is 2.15 bits per heavy atom. The van der Waals surface area contributed by atoms with Gasteiger partial charge in [0.05, 0.1) is 14.2 Å². The fourth-order valence-corrected chi connectivity index (χ4v) is 3.81. The van der Waals surface area contributed by atoms with Gasteiger partial charge >= 0.3 is 0 Å². The van der Waals surface area contributed by atoms with E-state index in [2.05, 4.69) is 4.72 Å². The van der Waals surface area contributed by atoms with Gasteiger partial charge in [0.2, 0.25) is 10.0 Å². The molecule has 2 rings (SSSR count). The molecule has 6 nitrogen and oxygen atoms in total. The third-order valence-corrected chi connectivity index (χ3v) is 5.72. The summed E-state index contributed by atoms with van der Waals surface area (Å²) in [5, 5.41) is 0. The molecule has 0 aliphatic carbocycles. The minimum Gasteiger partial charge on any atom is -0.493 e. The number of nitrogens with zero attached hydrogens (tertiary/aromatic N) is 1. The number of ether oxygens (including phenoxy) is 2. The lowest BCUT2D eigenvalue weighted by Gasteiger charge is -2.25. The van der Waals surface area contributed by atoms with E-state index < -0.39 is 20.7 Å². The number of hydrogen-bond donors (Lipinski definition) is 1. The number of benzene rings is 2. The van der Waals surface area contributed by atoms with Crippen LogP contribution in [0.1, 0.15) is 17.2 Å². The molecule has 0 spiro atoms. The van der Waals surface area contributed by atoms with Crippen LogP contribution in [0.5, 0.6) is 11.5 Å². The highest BCUT2D eigenvalue weighted by molar-refractivity contribution is 7.89. The Kier molecular flexibility index (Phi) is 6.80. The molecular formula is C19H25FN2O4S. The highest BCUT2D eigenvalue weighted by Crippen LogP contribution is 2.32. The molecule has 0 bridgehead atoms. The molecule has 148 valence electrons. The Balaban J connectivity index is 2.28. The summed E-state index contributed by atoms with van der Waals surface area (Å²) in [6, 6.07) is 9.74. The van der Waals surface area contributed by atoms with Crippen LogP contribution in [0.25, 0.3) is 0 Å². The Hall–Kier alpha value is -2.16. The van der Waals surface area contributed by atoms with E-state index >= 15 is 0 Å². The maximum absolute atomic E-state index is 14.3. The molecule has 0 fully saturated rings. The van der Waals surface area contributed by atoms with Gasteiger partial charge in [-0.1, -0.05) is 29.8 Å². The normalized spacial score (nSPS) is 12.9. The van der Waals surface area contributed by atoms with Crippen LogP contribution in [0, 0.1) is 12.7 Å². The molecule has 2 aromatic rings. The van der Waals surface area contributed by atoms with Crippen LogP contribution in [0.4, 0.5) is 4.39 Å². The van der Waals surface area contributed by atoms with E-state index in [4.69, 9.17) is 9.47 Å². The molecule has 0 saturated heterocycles. The first-order valence-electron chi connectivity index (χ1n) is 8.33. The molecule has 8 heteroatoms. The molecule has 0 aliphatic rings. The van der Waals surface area contributed by atoms with Crippen LogP contribution < -0.4 is 14.2 Å². The Labute approximate surface area is 160 Å². The first kappa shape index (κ1) is 21.1. The van der Waals surface area contributed by atoms with Gasteiger partial charge < -0.3 is 14.4 Å². The van der Waals surface area contributed by atoms with Crippen molar-refractivity contribution >= 4 is 10.0 Å². The van der Waals surface area contributed by atoms with Gasteiger partial charge in [-0.2, -0.15) is 0 Å². The van der Waals surface area contributed by atoms with Crippen molar-refractivity contribution in [3.63, 3.8) is 0 Å². The van der Waals surface area contributed by atoms with Crippen LogP contribution in [-0.2, 0) is 10.0 Å². The number of aryl methyl sites for hydroxylation is 1. The Bertz CT molecular complexity index is 883. The Morgan fingerprint density at radius 1 is 1.07 bits per heavy atom. The van der Waals surface area contributed by atoms with Gasteiger partial charge in [-0.15, -0.1) is 0 Å². The average molecular weight is 396 g/mol. The molecule has 0 heterocycles. The van der Waals surface area contributed by atoms with E-state index in [0.717, 1.165) is 23.3 Å². The van der Waals surface area contributed by atoms with E-state index in [1.54, 1.807) is 0 Å². The van der Waals surface area contributed by atoms with Gasteiger partial charge in [0.1, 0.15) is 10.7 Å². The standard InChI is InChI=1S/C19H25FN2O4S/c1-13-6-8-14(9-7-13)16(22(2)3)12-21-27(23,24)19-11-18(26-5)17(25-4)10-15(19)20/h6-11,16,21H,12H2,1-5H3.